The highest BCUT2D eigenvalue weighted by atomic mass is 32.2. The molecule has 0 saturated carbocycles. The summed E-state index contributed by atoms with van der Waals surface area (Å²) in [6.45, 7) is 3.49. The highest BCUT2D eigenvalue weighted by Gasteiger charge is 2.38. The Morgan fingerprint density at radius 3 is 2.18 bits per heavy atom. The van der Waals surface area contributed by atoms with E-state index in [0.29, 0.717) is 0 Å². The fourth-order valence-corrected chi connectivity index (χ4v) is 3.49. The lowest BCUT2D eigenvalue weighted by Crippen LogP contribution is -2.54. The molecule has 124 valence electrons. The molecule has 0 bridgehead atoms. The van der Waals surface area contributed by atoms with E-state index in [1.165, 1.54) is 14.1 Å². The molecule has 1 aromatic carbocycles. The average molecular weight is 329 g/mol. The first-order valence-electron chi connectivity index (χ1n) is 6.89. The molecule has 0 fully saturated rings. The van der Waals surface area contributed by atoms with E-state index in [-0.39, 0.29) is 12.5 Å². The minimum absolute atomic E-state index is 0.0393. The summed E-state index contributed by atoms with van der Waals surface area (Å²) < 4.78 is 27.3. The Balaban J connectivity index is 3.29. The van der Waals surface area contributed by atoms with Gasteiger partial charge in [-0.2, -0.15) is 17.0 Å². The summed E-state index contributed by atoms with van der Waals surface area (Å²) in [6.07, 6.45) is 0. The van der Waals surface area contributed by atoms with Gasteiger partial charge in [-0.1, -0.05) is 44.2 Å². The standard InChI is InChI=1S/C14H23N3O4S/c1-11(2)13(14(18)15-19)17(22(20,21)16(3)4)10-12-8-6-5-7-9-12/h5-9,11,13,19H,10H2,1-4H3,(H,15,18)/t13-/m0/s1. The lowest BCUT2D eigenvalue weighted by atomic mass is 10.0. The average Bonchev–Trinajstić information content (AvgIpc) is 2.46. The van der Waals surface area contributed by atoms with Crippen LogP contribution in [0.2, 0.25) is 0 Å². The molecule has 8 heteroatoms. The smallest absolute Gasteiger partial charge is 0.282 e. The normalized spacial score (nSPS) is 13.6. The van der Waals surface area contributed by atoms with Crippen molar-refractivity contribution in [2.24, 2.45) is 5.92 Å². The van der Waals surface area contributed by atoms with E-state index in [1.807, 2.05) is 6.07 Å². The topological polar surface area (TPSA) is 90.0 Å². The Morgan fingerprint density at radius 2 is 1.77 bits per heavy atom. The number of amides is 1. The lowest BCUT2D eigenvalue weighted by molar-refractivity contribution is -0.134. The molecule has 0 radical (unpaired) electrons. The van der Waals surface area contributed by atoms with Gasteiger partial charge in [0, 0.05) is 20.6 Å². The lowest BCUT2D eigenvalue weighted by Gasteiger charge is -2.33. The van der Waals surface area contributed by atoms with Crippen LogP contribution in [0, 0.1) is 5.92 Å². The molecule has 0 aliphatic rings. The van der Waals surface area contributed by atoms with Crippen LogP contribution in [-0.4, -0.2) is 48.3 Å². The number of hydrogen-bond acceptors (Lipinski definition) is 4. The van der Waals surface area contributed by atoms with Crippen LogP contribution in [0.4, 0.5) is 0 Å². The third-order valence-electron chi connectivity index (χ3n) is 3.26. The summed E-state index contributed by atoms with van der Waals surface area (Å²) in [4.78, 5) is 12.0. The van der Waals surface area contributed by atoms with Crippen LogP contribution in [0.1, 0.15) is 19.4 Å². The summed E-state index contributed by atoms with van der Waals surface area (Å²) in [5.41, 5.74) is 2.31. The van der Waals surface area contributed by atoms with Crippen molar-refractivity contribution < 1.29 is 18.4 Å². The fraction of sp³-hybridized carbons (Fsp3) is 0.500. The molecule has 1 rings (SSSR count). The molecule has 0 aromatic heterocycles. The molecule has 0 spiro atoms. The molecule has 0 aliphatic carbocycles. The predicted octanol–water partition coefficient (Wildman–Crippen LogP) is 0.825. The highest BCUT2D eigenvalue weighted by molar-refractivity contribution is 7.86. The summed E-state index contributed by atoms with van der Waals surface area (Å²) in [5, 5.41) is 8.94. The van der Waals surface area contributed by atoms with Crippen LogP contribution in [-0.2, 0) is 21.5 Å². The Morgan fingerprint density at radius 1 is 1.23 bits per heavy atom. The van der Waals surface area contributed by atoms with E-state index in [9.17, 15) is 13.2 Å². The number of benzene rings is 1. The van der Waals surface area contributed by atoms with Crippen molar-refractivity contribution in [2.75, 3.05) is 14.1 Å². The second-order valence-electron chi connectivity index (χ2n) is 5.49. The van der Waals surface area contributed by atoms with Crippen molar-refractivity contribution in [3.63, 3.8) is 0 Å². The van der Waals surface area contributed by atoms with E-state index < -0.39 is 22.2 Å². The Bertz CT molecular complexity index is 587. The van der Waals surface area contributed by atoms with Crippen LogP contribution in [0.5, 0.6) is 0 Å². The van der Waals surface area contributed by atoms with Gasteiger partial charge < -0.3 is 0 Å². The molecule has 22 heavy (non-hydrogen) atoms. The zero-order valence-corrected chi connectivity index (χ0v) is 14.0. The molecule has 1 atom stereocenters. The van der Waals surface area contributed by atoms with Gasteiger partial charge in [0.25, 0.3) is 16.1 Å². The van der Waals surface area contributed by atoms with Gasteiger partial charge in [-0.05, 0) is 11.5 Å². The van der Waals surface area contributed by atoms with E-state index in [4.69, 9.17) is 5.21 Å². The van der Waals surface area contributed by atoms with Crippen LogP contribution < -0.4 is 5.48 Å². The Hall–Kier alpha value is -1.48. The zero-order chi connectivity index (χ0) is 16.9. The van der Waals surface area contributed by atoms with Gasteiger partial charge in [0.1, 0.15) is 6.04 Å². The second kappa shape index (κ2) is 7.68. The van der Waals surface area contributed by atoms with Gasteiger partial charge in [-0.15, -0.1) is 0 Å². The van der Waals surface area contributed by atoms with E-state index in [1.54, 1.807) is 43.6 Å². The first-order chi connectivity index (χ1) is 10.2. The first-order valence-corrected chi connectivity index (χ1v) is 8.28. The third-order valence-corrected chi connectivity index (χ3v) is 5.13. The number of nitrogens with zero attached hydrogens (tertiary/aromatic N) is 2. The summed E-state index contributed by atoms with van der Waals surface area (Å²) in [6, 6.07) is 7.98. The fourth-order valence-electron chi connectivity index (χ4n) is 2.13. The summed E-state index contributed by atoms with van der Waals surface area (Å²) in [7, 11) is -1.03. The molecule has 0 unspecified atom stereocenters. The summed E-state index contributed by atoms with van der Waals surface area (Å²) >= 11 is 0. The molecule has 0 aliphatic heterocycles. The van der Waals surface area contributed by atoms with Crippen molar-refractivity contribution in [3.8, 4) is 0 Å². The van der Waals surface area contributed by atoms with E-state index in [0.717, 1.165) is 14.2 Å². The maximum atomic E-state index is 12.6. The van der Waals surface area contributed by atoms with Crippen molar-refractivity contribution in [3.05, 3.63) is 35.9 Å². The maximum absolute atomic E-state index is 12.6. The monoisotopic (exact) mass is 329 g/mol. The second-order valence-corrected chi connectivity index (χ2v) is 7.58. The van der Waals surface area contributed by atoms with Gasteiger partial charge in [0.2, 0.25) is 0 Å². The molecule has 0 heterocycles. The Kier molecular flexibility index (Phi) is 6.48. The number of carbonyl (C=O) groups is 1. The molecule has 2 N–H and O–H groups in total. The van der Waals surface area contributed by atoms with Gasteiger partial charge in [-0.3, -0.25) is 10.0 Å². The minimum atomic E-state index is -3.84. The largest absolute Gasteiger partial charge is 0.289 e. The maximum Gasteiger partial charge on any atom is 0.282 e. The zero-order valence-electron chi connectivity index (χ0n) is 13.2. The van der Waals surface area contributed by atoms with Crippen LogP contribution >= 0.6 is 0 Å². The quantitative estimate of drug-likeness (QED) is 0.572. The highest BCUT2D eigenvalue weighted by Crippen LogP contribution is 2.20. The number of rotatable bonds is 7. The number of carbonyl (C=O) groups excluding carboxylic acids is 1. The van der Waals surface area contributed by atoms with Crippen molar-refractivity contribution in [2.45, 2.75) is 26.4 Å². The molecule has 0 saturated heterocycles. The van der Waals surface area contributed by atoms with Crippen molar-refractivity contribution in [1.29, 1.82) is 0 Å². The van der Waals surface area contributed by atoms with Crippen LogP contribution in [0.3, 0.4) is 0 Å². The van der Waals surface area contributed by atoms with E-state index in [2.05, 4.69) is 0 Å². The minimum Gasteiger partial charge on any atom is -0.289 e. The van der Waals surface area contributed by atoms with Crippen LogP contribution in [0.25, 0.3) is 0 Å². The molecule has 7 nitrogen and oxygen atoms in total. The van der Waals surface area contributed by atoms with Crippen molar-refractivity contribution >= 4 is 16.1 Å². The summed E-state index contributed by atoms with van der Waals surface area (Å²) in [5.74, 6) is -1.07. The van der Waals surface area contributed by atoms with E-state index >= 15 is 0 Å². The molecular formula is C14H23N3O4S. The first kappa shape index (κ1) is 18.6. The number of hydrogen-bond donors (Lipinski definition) is 2. The van der Waals surface area contributed by atoms with Gasteiger partial charge in [0.15, 0.2) is 0 Å². The molecule has 1 aromatic rings. The molecule has 1 amide bonds. The SMILES string of the molecule is CC(C)[C@@H](C(=O)NO)N(Cc1ccccc1)S(=O)(=O)N(C)C. The third kappa shape index (κ3) is 4.26. The number of nitrogens with one attached hydrogen (secondary N) is 1. The number of hydroxylamine groups is 1. The van der Waals surface area contributed by atoms with Gasteiger partial charge in [-0.25, -0.2) is 5.48 Å². The Labute approximate surface area is 131 Å². The van der Waals surface area contributed by atoms with Crippen LogP contribution in [0.15, 0.2) is 30.3 Å². The van der Waals surface area contributed by atoms with Crippen molar-refractivity contribution in [1.82, 2.24) is 14.1 Å². The van der Waals surface area contributed by atoms with Gasteiger partial charge >= 0.3 is 0 Å². The molecular weight excluding hydrogens is 306 g/mol. The predicted molar refractivity (Wildman–Crippen MR) is 83.1 cm³/mol. The van der Waals surface area contributed by atoms with Gasteiger partial charge in [0.05, 0.1) is 0 Å².